The van der Waals surface area contributed by atoms with Gasteiger partial charge in [0.25, 0.3) is 0 Å². The number of halogens is 1. The minimum Gasteiger partial charge on any atom is -0.321 e. The fourth-order valence-corrected chi connectivity index (χ4v) is 1.43. The van der Waals surface area contributed by atoms with Gasteiger partial charge in [-0.25, -0.2) is 0 Å². The molecule has 0 saturated heterocycles. The maximum Gasteiger partial charge on any atom is 0.154 e. The molecule has 0 aromatic heterocycles. The zero-order chi connectivity index (χ0) is 11.3. The monoisotopic (exact) mass is 221 g/mol. The topological polar surface area (TPSA) is 43.1 Å². The number of carbonyl (C=O) groups is 1. The van der Waals surface area contributed by atoms with Crippen LogP contribution in [0.2, 0.25) is 5.02 Å². The molecule has 0 fully saturated rings. The Kier molecular flexibility index (Phi) is 4.36. The number of carbonyl (C=O) groups excluding carboxylic acids is 1. The first-order chi connectivity index (χ1) is 7.13. The van der Waals surface area contributed by atoms with Crippen LogP contribution in [-0.2, 0) is 11.2 Å². The van der Waals surface area contributed by atoms with Gasteiger partial charge in [0.1, 0.15) is 0 Å². The van der Waals surface area contributed by atoms with E-state index in [1.165, 1.54) is 0 Å². The number of terminal acetylenes is 1. The summed E-state index contributed by atoms with van der Waals surface area (Å²) in [5.41, 5.74) is 6.45. The fourth-order valence-electron chi connectivity index (χ4n) is 1.22. The van der Waals surface area contributed by atoms with Gasteiger partial charge in [-0.2, -0.15) is 0 Å². The molecule has 1 unspecified atom stereocenters. The SMILES string of the molecule is C#CCC(N)C(=O)Cc1cccc(Cl)c1. The Morgan fingerprint density at radius 1 is 1.60 bits per heavy atom. The zero-order valence-electron chi connectivity index (χ0n) is 8.24. The number of hydrogen-bond acceptors (Lipinski definition) is 2. The number of nitrogens with two attached hydrogens (primary N) is 1. The second kappa shape index (κ2) is 5.55. The predicted molar refractivity (Wildman–Crippen MR) is 61.6 cm³/mol. The van der Waals surface area contributed by atoms with Crippen LogP contribution in [0.4, 0.5) is 0 Å². The normalized spacial score (nSPS) is 11.8. The van der Waals surface area contributed by atoms with Gasteiger partial charge < -0.3 is 5.73 Å². The highest BCUT2D eigenvalue weighted by Gasteiger charge is 2.12. The highest BCUT2D eigenvalue weighted by atomic mass is 35.5. The van der Waals surface area contributed by atoms with E-state index in [1.54, 1.807) is 18.2 Å². The molecule has 1 rings (SSSR count). The van der Waals surface area contributed by atoms with Gasteiger partial charge in [0.05, 0.1) is 6.04 Å². The van der Waals surface area contributed by atoms with E-state index in [9.17, 15) is 4.79 Å². The van der Waals surface area contributed by atoms with Crippen molar-refractivity contribution in [3.05, 3.63) is 34.9 Å². The summed E-state index contributed by atoms with van der Waals surface area (Å²) in [6, 6.07) is 6.58. The number of rotatable bonds is 4. The average molecular weight is 222 g/mol. The summed E-state index contributed by atoms with van der Waals surface area (Å²) in [5, 5.41) is 0.617. The van der Waals surface area contributed by atoms with E-state index in [2.05, 4.69) is 5.92 Å². The van der Waals surface area contributed by atoms with Crippen molar-refractivity contribution in [3.8, 4) is 12.3 Å². The first kappa shape index (κ1) is 11.8. The van der Waals surface area contributed by atoms with Gasteiger partial charge in [-0.15, -0.1) is 12.3 Å². The molecule has 0 aliphatic carbocycles. The molecule has 0 aliphatic heterocycles. The minimum atomic E-state index is -0.575. The third-order valence-electron chi connectivity index (χ3n) is 2.02. The second-order valence-electron chi connectivity index (χ2n) is 3.29. The lowest BCUT2D eigenvalue weighted by atomic mass is 10.0. The summed E-state index contributed by atoms with van der Waals surface area (Å²) < 4.78 is 0. The molecular weight excluding hydrogens is 210 g/mol. The van der Waals surface area contributed by atoms with Gasteiger partial charge in [-0.05, 0) is 17.7 Å². The molecule has 3 heteroatoms. The molecule has 1 aromatic rings. The van der Waals surface area contributed by atoms with Crippen molar-refractivity contribution in [2.24, 2.45) is 5.73 Å². The first-order valence-corrected chi connectivity index (χ1v) is 4.97. The Hall–Kier alpha value is -1.30. The van der Waals surface area contributed by atoms with Crippen LogP contribution < -0.4 is 5.73 Å². The number of ketones is 1. The molecule has 78 valence electrons. The summed E-state index contributed by atoms with van der Waals surface area (Å²) in [7, 11) is 0. The van der Waals surface area contributed by atoms with Gasteiger partial charge in [-0.1, -0.05) is 23.7 Å². The molecule has 0 saturated carbocycles. The molecule has 0 spiro atoms. The maximum absolute atomic E-state index is 11.6. The summed E-state index contributed by atoms with van der Waals surface area (Å²) in [6.45, 7) is 0. The van der Waals surface area contributed by atoms with Crippen LogP contribution >= 0.6 is 11.6 Å². The number of Topliss-reactive ketones (excluding diaryl/α,β-unsaturated/α-hetero) is 1. The second-order valence-corrected chi connectivity index (χ2v) is 3.72. The largest absolute Gasteiger partial charge is 0.321 e. The van der Waals surface area contributed by atoms with Gasteiger partial charge in [-0.3, -0.25) is 4.79 Å². The van der Waals surface area contributed by atoms with Gasteiger partial charge in [0.15, 0.2) is 5.78 Å². The molecule has 0 aliphatic rings. The summed E-state index contributed by atoms with van der Waals surface area (Å²) in [4.78, 5) is 11.6. The summed E-state index contributed by atoms with van der Waals surface area (Å²) in [6.07, 6.45) is 5.64. The van der Waals surface area contributed by atoms with Crippen LogP contribution in [0.15, 0.2) is 24.3 Å². The van der Waals surface area contributed by atoms with E-state index in [-0.39, 0.29) is 18.6 Å². The Morgan fingerprint density at radius 2 is 2.33 bits per heavy atom. The molecule has 0 bridgehead atoms. The van der Waals surface area contributed by atoms with Crippen LogP contribution in [0.3, 0.4) is 0 Å². The Balaban J connectivity index is 2.63. The standard InChI is InChI=1S/C12H12ClNO/c1-2-4-11(14)12(15)8-9-5-3-6-10(13)7-9/h1,3,5-7,11H,4,8,14H2. The molecule has 0 radical (unpaired) electrons. The van der Waals surface area contributed by atoms with E-state index in [0.29, 0.717) is 5.02 Å². The quantitative estimate of drug-likeness (QED) is 0.788. The van der Waals surface area contributed by atoms with E-state index in [4.69, 9.17) is 23.8 Å². The zero-order valence-corrected chi connectivity index (χ0v) is 9.00. The third-order valence-corrected chi connectivity index (χ3v) is 2.25. The highest BCUT2D eigenvalue weighted by molar-refractivity contribution is 6.30. The maximum atomic E-state index is 11.6. The van der Waals surface area contributed by atoms with Crippen molar-refractivity contribution < 1.29 is 4.79 Å². The van der Waals surface area contributed by atoms with E-state index < -0.39 is 6.04 Å². The van der Waals surface area contributed by atoms with E-state index in [0.717, 1.165) is 5.56 Å². The van der Waals surface area contributed by atoms with Crippen molar-refractivity contribution >= 4 is 17.4 Å². The number of benzene rings is 1. The van der Waals surface area contributed by atoms with E-state index in [1.807, 2.05) is 6.07 Å². The predicted octanol–water partition coefficient (Wildman–Crippen LogP) is 1.80. The van der Waals surface area contributed by atoms with Crippen molar-refractivity contribution in [1.82, 2.24) is 0 Å². The smallest absolute Gasteiger partial charge is 0.154 e. The van der Waals surface area contributed by atoms with Crippen molar-refractivity contribution in [2.45, 2.75) is 18.9 Å². The van der Waals surface area contributed by atoms with Crippen LogP contribution in [-0.4, -0.2) is 11.8 Å². The highest BCUT2D eigenvalue weighted by Crippen LogP contribution is 2.11. The molecule has 2 nitrogen and oxygen atoms in total. The molecule has 15 heavy (non-hydrogen) atoms. The third kappa shape index (κ3) is 3.75. The molecule has 2 N–H and O–H groups in total. The fraction of sp³-hybridized carbons (Fsp3) is 0.250. The van der Waals surface area contributed by atoms with Crippen molar-refractivity contribution in [3.63, 3.8) is 0 Å². The van der Waals surface area contributed by atoms with Crippen molar-refractivity contribution in [1.29, 1.82) is 0 Å². The van der Waals surface area contributed by atoms with E-state index >= 15 is 0 Å². The molecule has 1 aromatic carbocycles. The Bertz CT molecular complexity index is 395. The number of hydrogen-bond donors (Lipinski definition) is 1. The molecule has 1 atom stereocenters. The molecule has 0 amide bonds. The molecular formula is C12H12ClNO. The van der Waals surface area contributed by atoms with Gasteiger partial charge in [0.2, 0.25) is 0 Å². The van der Waals surface area contributed by atoms with Crippen LogP contribution in [0.1, 0.15) is 12.0 Å². The summed E-state index contributed by atoms with van der Waals surface area (Å²) in [5.74, 6) is 2.31. The van der Waals surface area contributed by atoms with Gasteiger partial charge in [0, 0.05) is 17.9 Å². The van der Waals surface area contributed by atoms with Crippen LogP contribution in [0.25, 0.3) is 0 Å². The Labute approximate surface area is 94.4 Å². The summed E-state index contributed by atoms with van der Waals surface area (Å²) >= 11 is 5.79. The average Bonchev–Trinajstić information content (AvgIpc) is 2.18. The van der Waals surface area contributed by atoms with Crippen LogP contribution in [0.5, 0.6) is 0 Å². The first-order valence-electron chi connectivity index (χ1n) is 4.59. The van der Waals surface area contributed by atoms with Crippen molar-refractivity contribution in [2.75, 3.05) is 0 Å². The lowest BCUT2D eigenvalue weighted by molar-refractivity contribution is -0.119. The van der Waals surface area contributed by atoms with Gasteiger partial charge >= 0.3 is 0 Å². The lowest BCUT2D eigenvalue weighted by Gasteiger charge is -2.06. The lowest BCUT2D eigenvalue weighted by Crippen LogP contribution is -2.31. The van der Waals surface area contributed by atoms with Crippen LogP contribution in [0, 0.1) is 12.3 Å². The Morgan fingerprint density at radius 3 is 2.93 bits per heavy atom. The minimum absolute atomic E-state index is 0.0600. The molecule has 0 heterocycles.